The van der Waals surface area contributed by atoms with E-state index in [1.54, 1.807) is 11.3 Å². The van der Waals surface area contributed by atoms with Crippen molar-refractivity contribution < 1.29 is 5.11 Å². The minimum absolute atomic E-state index is 0.159. The summed E-state index contributed by atoms with van der Waals surface area (Å²) in [4.78, 5) is 4.50. The van der Waals surface area contributed by atoms with E-state index in [1.165, 1.54) is 0 Å². The molecule has 74 valence electrons. The summed E-state index contributed by atoms with van der Waals surface area (Å²) in [6, 6.07) is 0. The molecule has 1 heterocycles. The van der Waals surface area contributed by atoms with Gasteiger partial charge >= 0.3 is 0 Å². The van der Waals surface area contributed by atoms with Gasteiger partial charge in [-0.3, -0.25) is 0 Å². The van der Waals surface area contributed by atoms with Gasteiger partial charge in [-0.05, 0) is 6.42 Å². The van der Waals surface area contributed by atoms with Crippen LogP contribution in [0.3, 0.4) is 0 Å². The molecule has 0 fully saturated rings. The van der Waals surface area contributed by atoms with Gasteiger partial charge in [0.05, 0.1) is 12.3 Å². The van der Waals surface area contributed by atoms with Crippen LogP contribution in [-0.4, -0.2) is 16.7 Å². The van der Waals surface area contributed by atoms with Gasteiger partial charge in [-0.2, -0.15) is 0 Å². The van der Waals surface area contributed by atoms with Gasteiger partial charge in [0.2, 0.25) is 0 Å². The Bertz CT molecular complexity index is 268. The smallest absolute Gasteiger partial charge is 0.101 e. The van der Waals surface area contributed by atoms with Crippen LogP contribution in [-0.2, 0) is 11.8 Å². The molecule has 0 saturated carbocycles. The lowest BCUT2D eigenvalue weighted by Crippen LogP contribution is -2.21. The minimum Gasteiger partial charge on any atom is -0.395 e. The lowest BCUT2D eigenvalue weighted by atomic mass is 9.96. The Morgan fingerprint density at radius 3 is 2.77 bits per heavy atom. The molecule has 0 saturated heterocycles. The molecule has 0 aromatic carbocycles. The van der Waals surface area contributed by atoms with Crippen molar-refractivity contribution in [2.24, 2.45) is 0 Å². The fourth-order valence-corrected chi connectivity index (χ4v) is 2.03. The van der Waals surface area contributed by atoms with Gasteiger partial charge < -0.3 is 5.11 Å². The molecule has 2 nitrogen and oxygen atoms in total. The standard InChI is InChI=1S/C10H17NOS/c1-4-5-8-6-13-9(11-8)10(2,3)7-12/h6,12H,4-5,7H2,1-3H3. The average molecular weight is 199 g/mol. The summed E-state index contributed by atoms with van der Waals surface area (Å²) in [5.74, 6) is 0. The van der Waals surface area contributed by atoms with Gasteiger partial charge in [0.25, 0.3) is 0 Å². The molecule has 3 heteroatoms. The number of hydrogen-bond acceptors (Lipinski definition) is 3. The molecule has 0 radical (unpaired) electrons. The van der Waals surface area contributed by atoms with Crippen LogP contribution < -0.4 is 0 Å². The fraction of sp³-hybridized carbons (Fsp3) is 0.700. The molecule has 0 aliphatic rings. The average Bonchev–Trinajstić information content (AvgIpc) is 2.54. The maximum absolute atomic E-state index is 9.15. The van der Waals surface area contributed by atoms with Crippen molar-refractivity contribution in [2.75, 3.05) is 6.61 Å². The van der Waals surface area contributed by atoms with Crippen molar-refractivity contribution >= 4 is 11.3 Å². The lowest BCUT2D eigenvalue weighted by molar-refractivity contribution is 0.218. The molecule has 1 N–H and O–H groups in total. The topological polar surface area (TPSA) is 33.1 Å². The summed E-state index contributed by atoms with van der Waals surface area (Å²) in [5, 5.41) is 12.3. The van der Waals surface area contributed by atoms with Gasteiger partial charge in [-0.25, -0.2) is 4.98 Å². The van der Waals surface area contributed by atoms with E-state index in [4.69, 9.17) is 5.11 Å². The molecule has 0 amide bonds. The van der Waals surface area contributed by atoms with Crippen molar-refractivity contribution in [3.63, 3.8) is 0 Å². The highest BCUT2D eigenvalue weighted by Crippen LogP contribution is 2.26. The predicted molar refractivity (Wildman–Crippen MR) is 56.2 cm³/mol. The molecule has 1 aromatic heterocycles. The molecule has 0 aliphatic carbocycles. The third-order valence-corrected chi connectivity index (χ3v) is 3.29. The highest BCUT2D eigenvalue weighted by atomic mass is 32.1. The molecule has 1 rings (SSSR count). The number of nitrogens with zero attached hydrogens (tertiary/aromatic N) is 1. The first-order valence-electron chi connectivity index (χ1n) is 4.66. The summed E-state index contributed by atoms with van der Waals surface area (Å²) in [6.45, 7) is 6.34. The van der Waals surface area contributed by atoms with Crippen molar-refractivity contribution in [1.82, 2.24) is 4.98 Å². The number of aliphatic hydroxyl groups is 1. The Hall–Kier alpha value is -0.410. The lowest BCUT2D eigenvalue weighted by Gasteiger charge is -2.17. The highest BCUT2D eigenvalue weighted by Gasteiger charge is 2.22. The zero-order valence-corrected chi connectivity index (χ0v) is 9.32. The molecule has 0 atom stereocenters. The second-order valence-corrected chi connectivity index (χ2v) is 4.79. The zero-order chi connectivity index (χ0) is 9.90. The Morgan fingerprint density at radius 2 is 2.23 bits per heavy atom. The number of aliphatic hydroxyl groups excluding tert-OH is 1. The van der Waals surface area contributed by atoms with Crippen LogP contribution >= 0.6 is 11.3 Å². The predicted octanol–water partition coefficient (Wildman–Crippen LogP) is 2.37. The number of hydrogen-bond donors (Lipinski definition) is 1. The molecular formula is C10H17NOS. The van der Waals surface area contributed by atoms with Crippen molar-refractivity contribution in [3.8, 4) is 0 Å². The van der Waals surface area contributed by atoms with Crippen LogP contribution in [0, 0.1) is 0 Å². The number of rotatable bonds is 4. The summed E-state index contributed by atoms with van der Waals surface area (Å²) in [5.41, 5.74) is 0.973. The zero-order valence-electron chi connectivity index (χ0n) is 8.50. The Balaban J connectivity index is 2.79. The fourth-order valence-electron chi connectivity index (χ4n) is 1.06. The molecule has 13 heavy (non-hydrogen) atoms. The Kier molecular flexibility index (Phi) is 3.45. The largest absolute Gasteiger partial charge is 0.395 e. The summed E-state index contributed by atoms with van der Waals surface area (Å²) >= 11 is 1.65. The molecule has 0 aliphatic heterocycles. The second kappa shape index (κ2) is 4.20. The molecule has 0 bridgehead atoms. The van der Waals surface area contributed by atoms with Crippen LogP contribution in [0.15, 0.2) is 5.38 Å². The van der Waals surface area contributed by atoms with E-state index < -0.39 is 0 Å². The molecular weight excluding hydrogens is 182 g/mol. The Morgan fingerprint density at radius 1 is 1.54 bits per heavy atom. The first-order chi connectivity index (χ1) is 6.10. The number of aromatic nitrogens is 1. The first kappa shape index (κ1) is 10.7. The third-order valence-electron chi connectivity index (χ3n) is 2.03. The van der Waals surface area contributed by atoms with Gasteiger partial charge in [0.15, 0.2) is 0 Å². The highest BCUT2D eigenvalue weighted by molar-refractivity contribution is 7.09. The van der Waals surface area contributed by atoms with Crippen LogP contribution in [0.4, 0.5) is 0 Å². The van der Waals surface area contributed by atoms with Crippen LogP contribution in [0.2, 0.25) is 0 Å². The van der Waals surface area contributed by atoms with Gasteiger partial charge in [0, 0.05) is 10.8 Å². The van der Waals surface area contributed by atoms with E-state index in [2.05, 4.69) is 17.3 Å². The van der Waals surface area contributed by atoms with E-state index in [1.807, 2.05) is 13.8 Å². The quantitative estimate of drug-likeness (QED) is 0.807. The van der Waals surface area contributed by atoms with Gasteiger partial charge in [0.1, 0.15) is 5.01 Å². The third kappa shape index (κ3) is 2.51. The van der Waals surface area contributed by atoms with Crippen molar-refractivity contribution in [3.05, 3.63) is 16.1 Å². The normalized spacial score (nSPS) is 12.0. The van der Waals surface area contributed by atoms with Crippen LogP contribution in [0.25, 0.3) is 0 Å². The van der Waals surface area contributed by atoms with E-state index in [0.29, 0.717) is 0 Å². The Labute approximate surface area is 83.6 Å². The SMILES string of the molecule is CCCc1csc(C(C)(C)CO)n1. The van der Waals surface area contributed by atoms with Crippen LogP contribution in [0.5, 0.6) is 0 Å². The summed E-state index contributed by atoms with van der Waals surface area (Å²) in [7, 11) is 0. The van der Waals surface area contributed by atoms with Crippen molar-refractivity contribution in [1.29, 1.82) is 0 Å². The second-order valence-electron chi connectivity index (χ2n) is 3.94. The molecule has 0 spiro atoms. The number of aryl methyl sites for hydroxylation is 1. The van der Waals surface area contributed by atoms with E-state index >= 15 is 0 Å². The van der Waals surface area contributed by atoms with E-state index in [-0.39, 0.29) is 12.0 Å². The first-order valence-corrected chi connectivity index (χ1v) is 5.54. The molecule has 0 unspecified atom stereocenters. The summed E-state index contributed by atoms with van der Waals surface area (Å²) < 4.78 is 0. The summed E-state index contributed by atoms with van der Waals surface area (Å²) in [6.07, 6.45) is 2.17. The molecule has 1 aromatic rings. The maximum atomic E-state index is 9.15. The van der Waals surface area contributed by atoms with Crippen LogP contribution in [0.1, 0.15) is 37.9 Å². The van der Waals surface area contributed by atoms with E-state index in [9.17, 15) is 0 Å². The van der Waals surface area contributed by atoms with Gasteiger partial charge in [-0.1, -0.05) is 27.2 Å². The van der Waals surface area contributed by atoms with Gasteiger partial charge in [-0.15, -0.1) is 11.3 Å². The maximum Gasteiger partial charge on any atom is 0.101 e. The number of thiazole rings is 1. The van der Waals surface area contributed by atoms with E-state index in [0.717, 1.165) is 23.5 Å². The van der Waals surface area contributed by atoms with Crippen molar-refractivity contribution in [2.45, 2.75) is 39.0 Å². The monoisotopic (exact) mass is 199 g/mol. The minimum atomic E-state index is -0.184.